The Morgan fingerprint density at radius 1 is 1.27 bits per heavy atom. The summed E-state index contributed by atoms with van der Waals surface area (Å²) in [5, 5.41) is 2.79. The van der Waals surface area contributed by atoms with Crippen LogP contribution in [-0.2, 0) is 20.7 Å². The van der Waals surface area contributed by atoms with Gasteiger partial charge in [-0.05, 0) is 20.3 Å². The molecular weight excluding hydrogens is 332 g/mol. The average Bonchev–Trinajstić information content (AvgIpc) is 3.08. The maximum Gasteiger partial charge on any atom is 0.306 e. The van der Waals surface area contributed by atoms with Gasteiger partial charge in [0.25, 0.3) is 5.91 Å². The number of esters is 1. The summed E-state index contributed by atoms with van der Waals surface area (Å²) in [6, 6.07) is 8.01. The first-order chi connectivity index (χ1) is 12.5. The number of carbonyl (C=O) groups is 2. The fourth-order valence-corrected chi connectivity index (χ4v) is 2.53. The third-order valence-electron chi connectivity index (χ3n) is 3.93. The smallest absolute Gasteiger partial charge is 0.306 e. The third kappa shape index (κ3) is 6.35. The van der Waals surface area contributed by atoms with Crippen LogP contribution in [0.5, 0.6) is 0 Å². The lowest BCUT2D eigenvalue weighted by Crippen LogP contribution is -2.35. The highest BCUT2D eigenvalue weighted by Gasteiger charge is 2.12. The molecule has 1 aromatic heterocycles. The number of ether oxygens (including phenoxy) is 1. The van der Waals surface area contributed by atoms with E-state index in [9.17, 15) is 9.59 Å². The molecule has 1 atom stereocenters. The van der Waals surface area contributed by atoms with Gasteiger partial charge in [-0.2, -0.15) is 0 Å². The molecule has 1 N–H and O–H groups in total. The van der Waals surface area contributed by atoms with Crippen LogP contribution in [0.15, 0.2) is 34.9 Å². The maximum absolute atomic E-state index is 11.8. The van der Waals surface area contributed by atoms with Crippen molar-refractivity contribution in [2.75, 3.05) is 6.61 Å². The van der Waals surface area contributed by atoms with Gasteiger partial charge in [0.1, 0.15) is 0 Å². The van der Waals surface area contributed by atoms with Crippen molar-refractivity contribution in [3.05, 3.63) is 41.9 Å². The lowest BCUT2D eigenvalue weighted by atomic mass is 10.1. The monoisotopic (exact) mass is 358 g/mol. The first kappa shape index (κ1) is 19.7. The minimum atomic E-state index is -0.446. The number of amides is 1. The van der Waals surface area contributed by atoms with E-state index >= 15 is 0 Å². The van der Waals surface area contributed by atoms with Crippen molar-refractivity contribution in [2.24, 2.45) is 0 Å². The molecule has 0 saturated carbocycles. The number of nitrogens with zero attached hydrogens (tertiary/aromatic N) is 1. The highest BCUT2D eigenvalue weighted by atomic mass is 16.5. The summed E-state index contributed by atoms with van der Waals surface area (Å²) in [7, 11) is 0. The topological polar surface area (TPSA) is 81.4 Å². The fraction of sp³-hybridized carbons (Fsp3) is 0.450. The average molecular weight is 358 g/mol. The van der Waals surface area contributed by atoms with E-state index in [1.165, 1.54) is 5.56 Å². The Bertz CT molecular complexity index is 722. The molecule has 0 bridgehead atoms. The van der Waals surface area contributed by atoms with Crippen LogP contribution >= 0.6 is 0 Å². The molecule has 0 saturated heterocycles. The second-order valence-electron chi connectivity index (χ2n) is 6.40. The molecule has 26 heavy (non-hydrogen) atoms. The summed E-state index contributed by atoms with van der Waals surface area (Å²) in [5.41, 5.74) is 2.11. The SMILES string of the molecule is CCC[C@H](C)NC(=O)COC(=O)CCc1ncc(-c2ccc(C)cc2)o1. The quantitative estimate of drug-likeness (QED) is 0.695. The predicted octanol–water partition coefficient (Wildman–Crippen LogP) is 3.43. The normalized spacial score (nSPS) is 11.8. The summed E-state index contributed by atoms with van der Waals surface area (Å²) < 4.78 is 10.7. The third-order valence-corrected chi connectivity index (χ3v) is 3.93. The number of hydrogen-bond acceptors (Lipinski definition) is 5. The molecule has 0 fully saturated rings. The number of carbonyl (C=O) groups excluding carboxylic acids is 2. The standard InChI is InChI=1S/C20H26N2O4/c1-4-5-15(3)22-18(23)13-25-20(24)11-10-19-21-12-17(26-19)16-8-6-14(2)7-9-16/h6-9,12,15H,4-5,10-11,13H2,1-3H3,(H,22,23)/t15-/m0/s1. The van der Waals surface area contributed by atoms with Crippen LogP contribution in [0.4, 0.5) is 0 Å². The predicted molar refractivity (Wildman–Crippen MR) is 98.5 cm³/mol. The molecule has 2 rings (SSSR count). The highest BCUT2D eigenvalue weighted by Crippen LogP contribution is 2.21. The number of rotatable bonds is 9. The summed E-state index contributed by atoms with van der Waals surface area (Å²) in [6.07, 6.45) is 3.98. The van der Waals surface area contributed by atoms with Gasteiger partial charge in [-0.3, -0.25) is 9.59 Å². The summed E-state index contributed by atoms with van der Waals surface area (Å²) in [6.45, 7) is 5.74. The molecule has 140 valence electrons. The summed E-state index contributed by atoms with van der Waals surface area (Å²) >= 11 is 0. The van der Waals surface area contributed by atoms with Gasteiger partial charge in [0.15, 0.2) is 18.3 Å². The van der Waals surface area contributed by atoms with E-state index in [1.807, 2.05) is 38.1 Å². The van der Waals surface area contributed by atoms with Gasteiger partial charge in [-0.15, -0.1) is 0 Å². The number of aromatic nitrogens is 1. The van der Waals surface area contributed by atoms with Crippen molar-refractivity contribution in [1.82, 2.24) is 10.3 Å². The van der Waals surface area contributed by atoms with Crippen molar-refractivity contribution < 1.29 is 18.7 Å². The molecule has 0 aliphatic carbocycles. The largest absolute Gasteiger partial charge is 0.456 e. The van der Waals surface area contributed by atoms with Gasteiger partial charge in [0, 0.05) is 18.0 Å². The molecule has 1 aromatic carbocycles. The molecule has 6 nitrogen and oxygen atoms in total. The van der Waals surface area contributed by atoms with Crippen LogP contribution in [0.1, 0.15) is 44.6 Å². The molecular formula is C20H26N2O4. The first-order valence-corrected chi connectivity index (χ1v) is 8.94. The minimum Gasteiger partial charge on any atom is -0.456 e. The van der Waals surface area contributed by atoms with E-state index in [-0.39, 0.29) is 25.0 Å². The van der Waals surface area contributed by atoms with E-state index in [0.717, 1.165) is 18.4 Å². The van der Waals surface area contributed by atoms with Crippen molar-refractivity contribution in [3.8, 4) is 11.3 Å². The van der Waals surface area contributed by atoms with E-state index in [4.69, 9.17) is 9.15 Å². The van der Waals surface area contributed by atoms with Crippen LogP contribution in [0, 0.1) is 6.92 Å². The Balaban J connectivity index is 1.74. The molecule has 0 radical (unpaired) electrons. The van der Waals surface area contributed by atoms with Crippen LogP contribution in [0.3, 0.4) is 0 Å². The van der Waals surface area contributed by atoms with Gasteiger partial charge in [0.05, 0.1) is 12.6 Å². The molecule has 6 heteroatoms. The number of hydrogen-bond donors (Lipinski definition) is 1. The van der Waals surface area contributed by atoms with E-state index < -0.39 is 5.97 Å². The molecule has 0 unspecified atom stereocenters. The van der Waals surface area contributed by atoms with Crippen LogP contribution < -0.4 is 5.32 Å². The van der Waals surface area contributed by atoms with Crippen LogP contribution in [-0.4, -0.2) is 29.5 Å². The second kappa shape index (κ2) is 9.75. The zero-order chi connectivity index (χ0) is 18.9. The Labute approximate surface area is 154 Å². The Kier molecular flexibility index (Phi) is 7.38. The molecule has 0 spiro atoms. The Morgan fingerprint density at radius 3 is 2.69 bits per heavy atom. The van der Waals surface area contributed by atoms with Gasteiger partial charge >= 0.3 is 5.97 Å². The van der Waals surface area contributed by atoms with Crippen molar-refractivity contribution in [2.45, 2.75) is 52.5 Å². The molecule has 0 aliphatic rings. The van der Waals surface area contributed by atoms with Gasteiger partial charge in [-0.1, -0.05) is 43.2 Å². The van der Waals surface area contributed by atoms with Gasteiger partial charge in [0.2, 0.25) is 0 Å². The van der Waals surface area contributed by atoms with Crippen LogP contribution in [0.2, 0.25) is 0 Å². The Morgan fingerprint density at radius 2 is 2.00 bits per heavy atom. The first-order valence-electron chi connectivity index (χ1n) is 8.94. The van der Waals surface area contributed by atoms with Gasteiger partial charge in [-0.25, -0.2) is 4.98 Å². The van der Waals surface area contributed by atoms with Crippen molar-refractivity contribution >= 4 is 11.9 Å². The summed E-state index contributed by atoms with van der Waals surface area (Å²) in [4.78, 5) is 27.6. The number of aryl methyl sites for hydroxylation is 2. The lowest BCUT2D eigenvalue weighted by molar-refractivity contribution is -0.148. The zero-order valence-corrected chi connectivity index (χ0v) is 15.6. The molecule has 1 amide bonds. The fourth-order valence-electron chi connectivity index (χ4n) is 2.53. The minimum absolute atomic E-state index is 0.0821. The van der Waals surface area contributed by atoms with Gasteiger partial charge < -0.3 is 14.5 Å². The zero-order valence-electron chi connectivity index (χ0n) is 15.6. The molecule has 2 aromatic rings. The lowest BCUT2D eigenvalue weighted by Gasteiger charge is -2.12. The van der Waals surface area contributed by atoms with Crippen LogP contribution in [0.25, 0.3) is 11.3 Å². The number of nitrogens with one attached hydrogen (secondary N) is 1. The van der Waals surface area contributed by atoms with Crippen molar-refractivity contribution in [1.29, 1.82) is 0 Å². The van der Waals surface area contributed by atoms with E-state index in [2.05, 4.69) is 17.2 Å². The van der Waals surface area contributed by atoms with Crippen molar-refractivity contribution in [3.63, 3.8) is 0 Å². The maximum atomic E-state index is 11.8. The highest BCUT2D eigenvalue weighted by molar-refractivity contribution is 5.80. The van der Waals surface area contributed by atoms with E-state index in [0.29, 0.717) is 18.1 Å². The number of benzene rings is 1. The summed E-state index contributed by atoms with van der Waals surface area (Å²) in [5.74, 6) is 0.409. The van der Waals surface area contributed by atoms with E-state index in [1.54, 1.807) is 6.20 Å². The second-order valence-corrected chi connectivity index (χ2v) is 6.40. The molecule has 0 aliphatic heterocycles. The Hall–Kier alpha value is -2.63. The number of oxazole rings is 1. The molecule has 1 heterocycles.